The molecule has 0 N–H and O–H groups in total. The van der Waals surface area contributed by atoms with E-state index in [4.69, 9.17) is 28.4 Å². The summed E-state index contributed by atoms with van der Waals surface area (Å²) in [6, 6.07) is 14.0. The highest BCUT2D eigenvalue weighted by Gasteiger charge is 2.48. The number of carbonyl (C=O) groups excluding carboxylic acids is 3. The molecule has 45 heavy (non-hydrogen) atoms. The Balaban J connectivity index is 1.15. The lowest BCUT2D eigenvalue weighted by atomic mass is 10.0. The van der Waals surface area contributed by atoms with Gasteiger partial charge in [-0.25, -0.2) is 14.4 Å². The van der Waals surface area contributed by atoms with Gasteiger partial charge < -0.3 is 28.4 Å². The van der Waals surface area contributed by atoms with E-state index in [0.717, 1.165) is 50.5 Å². The summed E-state index contributed by atoms with van der Waals surface area (Å²) in [6.07, 6.45) is 7.44. The van der Waals surface area contributed by atoms with E-state index >= 15 is 0 Å². The predicted octanol–water partition coefficient (Wildman–Crippen LogP) is 4.97. The molecule has 2 aromatic rings. The van der Waals surface area contributed by atoms with Gasteiger partial charge in [-0.3, -0.25) is 0 Å². The van der Waals surface area contributed by atoms with Crippen LogP contribution in [0.1, 0.15) is 85.3 Å². The number of epoxide rings is 2. The van der Waals surface area contributed by atoms with Crippen molar-refractivity contribution >= 4 is 17.9 Å². The largest absolute Gasteiger partial charge is 0.492 e. The minimum absolute atomic E-state index is 0.000247. The quantitative estimate of drug-likeness (QED) is 0.0905. The van der Waals surface area contributed by atoms with E-state index in [9.17, 15) is 24.9 Å². The molecule has 0 saturated carbocycles. The molecule has 2 aliphatic rings. The highest BCUT2D eigenvalue weighted by atomic mass is 16.6. The SMILES string of the molecule is CC1(C(=O)OCCCCCCCc2ccc(C(=O)Oc3ccc(OCCCCCOC(=O)C4CO4)c(C#N)c3C#N)cc2)CO1. The summed E-state index contributed by atoms with van der Waals surface area (Å²) < 4.78 is 31.5. The van der Waals surface area contributed by atoms with Gasteiger partial charge in [0.05, 0.1) is 38.6 Å². The van der Waals surface area contributed by atoms with Crippen molar-refractivity contribution in [1.82, 2.24) is 0 Å². The van der Waals surface area contributed by atoms with Gasteiger partial charge in [0.2, 0.25) is 0 Å². The van der Waals surface area contributed by atoms with Crippen LogP contribution >= 0.6 is 0 Å². The summed E-state index contributed by atoms with van der Waals surface area (Å²) in [6.45, 7) is 3.62. The number of unbranched alkanes of at least 4 members (excludes halogenated alkanes) is 6. The Morgan fingerprint density at radius 2 is 1.40 bits per heavy atom. The number of hydrogen-bond donors (Lipinski definition) is 0. The molecule has 2 aromatic carbocycles. The number of hydrogen-bond acceptors (Lipinski definition) is 11. The lowest BCUT2D eigenvalue weighted by molar-refractivity contribution is -0.149. The van der Waals surface area contributed by atoms with Crippen molar-refractivity contribution in [3.8, 4) is 23.6 Å². The van der Waals surface area contributed by atoms with E-state index < -0.39 is 17.7 Å². The molecule has 2 saturated heterocycles. The van der Waals surface area contributed by atoms with Crippen LogP contribution in [0.3, 0.4) is 0 Å². The molecule has 0 aliphatic carbocycles. The highest BCUT2D eigenvalue weighted by Crippen LogP contribution is 2.31. The van der Waals surface area contributed by atoms with Gasteiger partial charge >= 0.3 is 17.9 Å². The van der Waals surface area contributed by atoms with Crippen LogP contribution in [0, 0.1) is 22.7 Å². The van der Waals surface area contributed by atoms with E-state index in [0.29, 0.717) is 51.4 Å². The van der Waals surface area contributed by atoms with E-state index in [1.807, 2.05) is 24.3 Å². The Hall–Kier alpha value is -4.45. The van der Waals surface area contributed by atoms with Gasteiger partial charge in [-0.15, -0.1) is 0 Å². The lowest BCUT2D eigenvalue weighted by Crippen LogP contribution is -2.23. The van der Waals surface area contributed by atoms with Gasteiger partial charge in [0, 0.05) is 0 Å². The molecule has 0 spiro atoms. The average Bonchev–Trinajstić information content (AvgIpc) is 3.99. The van der Waals surface area contributed by atoms with Crippen molar-refractivity contribution in [2.45, 2.75) is 76.4 Å². The predicted molar refractivity (Wildman–Crippen MR) is 159 cm³/mol. The maximum Gasteiger partial charge on any atom is 0.343 e. The molecule has 2 fully saturated rings. The third-order valence-electron chi connectivity index (χ3n) is 7.48. The zero-order valence-electron chi connectivity index (χ0n) is 25.5. The number of benzene rings is 2. The number of carbonyl (C=O) groups is 3. The molecule has 2 aliphatic heterocycles. The lowest BCUT2D eigenvalue weighted by Gasteiger charge is -2.12. The third-order valence-corrected chi connectivity index (χ3v) is 7.48. The van der Waals surface area contributed by atoms with Crippen molar-refractivity contribution in [3.63, 3.8) is 0 Å². The first-order valence-electron chi connectivity index (χ1n) is 15.3. The normalized spacial score (nSPS) is 17.8. The van der Waals surface area contributed by atoms with E-state index in [-0.39, 0.29) is 34.6 Å². The van der Waals surface area contributed by atoms with E-state index in [1.165, 1.54) is 12.1 Å². The zero-order chi connectivity index (χ0) is 32.1. The molecule has 4 rings (SSSR count). The first kappa shape index (κ1) is 33.4. The molecule has 11 nitrogen and oxygen atoms in total. The molecule has 2 unspecified atom stereocenters. The molecule has 2 heterocycles. The minimum Gasteiger partial charge on any atom is -0.492 e. The van der Waals surface area contributed by atoms with Gasteiger partial charge in [-0.1, -0.05) is 31.4 Å². The van der Waals surface area contributed by atoms with Crippen molar-refractivity contribution in [3.05, 3.63) is 58.7 Å². The molecule has 0 bridgehead atoms. The molecular formula is C34H38N2O9. The molecule has 2 atom stereocenters. The fourth-order valence-corrected chi connectivity index (χ4v) is 4.48. The topological polar surface area (TPSA) is 161 Å². The van der Waals surface area contributed by atoms with Crippen LogP contribution in [0.25, 0.3) is 0 Å². The summed E-state index contributed by atoms with van der Waals surface area (Å²) in [5.41, 5.74) is 0.635. The van der Waals surface area contributed by atoms with Crippen LogP contribution in [0.4, 0.5) is 0 Å². The molecule has 11 heteroatoms. The van der Waals surface area contributed by atoms with Crippen LogP contribution in [-0.4, -0.2) is 62.6 Å². The van der Waals surface area contributed by atoms with E-state index in [1.54, 1.807) is 19.1 Å². The van der Waals surface area contributed by atoms with Crippen LogP contribution < -0.4 is 9.47 Å². The summed E-state index contributed by atoms with van der Waals surface area (Å²) in [4.78, 5) is 36.0. The van der Waals surface area contributed by atoms with Crippen LogP contribution in [0.15, 0.2) is 36.4 Å². The second-order valence-electron chi connectivity index (χ2n) is 11.2. The number of aryl methyl sites for hydroxylation is 1. The fraction of sp³-hybridized carbons (Fsp3) is 0.500. The summed E-state index contributed by atoms with van der Waals surface area (Å²) >= 11 is 0. The Kier molecular flexibility index (Phi) is 12.3. The van der Waals surface area contributed by atoms with Gasteiger partial charge in [0.15, 0.2) is 17.5 Å². The molecule has 0 aromatic heterocycles. The monoisotopic (exact) mass is 618 g/mol. The molecule has 0 radical (unpaired) electrons. The standard InChI is InChI=1S/C34H38N2O9/c1-34(23-44-34)33(39)42-19-7-4-2-3-6-10-24-11-13-25(14-12-24)31(37)45-29-16-15-28(26(20-35)27(29)21-36)40-17-8-5-9-18-41-32(38)30-22-43-30/h11-16,30H,2-10,17-19,22-23H2,1H3. The first-order valence-corrected chi connectivity index (χ1v) is 15.3. The van der Waals surface area contributed by atoms with Crippen molar-refractivity contribution < 1.29 is 42.8 Å². The number of esters is 3. The average molecular weight is 619 g/mol. The first-order chi connectivity index (χ1) is 21.8. The molecule has 238 valence electrons. The fourth-order valence-electron chi connectivity index (χ4n) is 4.48. The summed E-state index contributed by atoms with van der Waals surface area (Å²) in [5.74, 6) is -1.03. The van der Waals surface area contributed by atoms with Gasteiger partial charge in [0.1, 0.15) is 29.0 Å². The number of ether oxygens (including phenoxy) is 6. The van der Waals surface area contributed by atoms with Crippen molar-refractivity contribution in [2.75, 3.05) is 33.0 Å². The second kappa shape index (κ2) is 16.6. The Labute approximate surface area is 262 Å². The molecule has 0 amide bonds. The zero-order valence-corrected chi connectivity index (χ0v) is 25.5. The second-order valence-corrected chi connectivity index (χ2v) is 11.2. The van der Waals surface area contributed by atoms with Crippen molar-refractivity contribution in [1.29, 1.82) is 10.5 Å². The number of nitriles is 2. The summed E-state index contributed by atoms with van der Waals surface area (Å²) in [7, 11) is 0. The van der Waals surface area contributed by atoms with Crippen molar-refractivity contribution in [2.24, 2.45) is 0 Å². The van der Waals surface area contributed by atoms with Crippen LogP contribution in [0.5, 0.6) is 11.5 Å². The van der Waals surface area contributed by atoms with Crippen LogP contribution in [0.2, 0.25) is 0 Å². The van der Waals surface area contributed by atoms with Crippen LogP contribution in [-0.2, 0) is 35.0 Å². The maximum atomic E-state index is 12.8. The van der Waals surface area contributed by atoms with Gasteiger partial charge in [-0.2, -0.15) is 10.5 Å². The highest BCUT2D eigenvalue weighted by molar-refractivity contribution is 5.91. The Morgan fingerprint density at radius 1 is 0.822 bits per heavy atom. The maximum absolute atomic E-state index is 12.8. The minimum atomic E-state index is -0.720. The molecular weight excluding hydrogens is 580 g/mol. The van der Waals surface area contributed by atoms with E-state index in [2.05, 4.69) is 0 Å². The van der Waals surface area contributed by atoms with Gasteiger partial charge in [-0.05, 0) is 75.3 Å². The number of nitrogens with zero attached hydrogens (tertiary/aromatic N) is 2. The Bertz CT molecular complexity index is 1420. The smallest absolute Gasteiger partial charge is 0.343 e. The summed E-state index contributed by atoms with van der Waals surface area (Å²) in [5, 5.41) is 19.4. The van der Waals surface area contributed by atoms with Gasteiger partial charge in [0.25, 0.3) is 0 Å². The number of rotatable bonds is 19. The Morgan fingerprint density at radius 3 is 2.07 bits per heavy atom. The third kappa shape index (κ3) is 10.3.